The maximum Gasteiger partial charge on any atom is 0.126 e. The van der Waals surface area contributed by atoms with Crippen molar-refractivity contribution in [3.8, 4) is 0 Å². The Morgan fingerprint density at radius 3 is 1.38 bits per heavy atom. The van der Waals surface area contributed by atoms with E-state index in [1.54, 1.807) is 0 Å². The fourth-order valence-corrected chi connectivity index (χ4v) is 0. The summed E-state index contributed by atoms with van der Waals surface area (Å²) in [5.74, 6) is 0.167. The topological polar surface area (TPSA) is 17.1 Å². The maximum atomic E-state index is 9.44. The number of alkyl halides is 2. The van der Waals surface area contributed by atoms with Crippen LogP contribution in [0.2, 0.25) is 0 Å². The zero-order chi connectivity index (χ0) is 6.28. The van der Waals surface area contributed by atoms with Crippen LogP contribution < -0.4 is 0 Å². The van der Waals surface area contributed by atoms with Gasteiger partial charge < -0.3 is 4.79 Å². The molecule has 0 rings (SSSR count). The predicted molar refractivity (Wildman–Crippen MR) is 39.7 cm³/mol. The molecule has 0 atom stereocenters. The lowest BCUT2D eigenvalue weighted by atomic mass is 10.6. The van der Waals surface area contributed by atoms with E-state index < -0.39 is 0 Å². The lowest BCUT2D eigenvalue weighted by Crippen LogP contribution is -1.69. The summed E-state index contributed by atoms with van der Waals surface area (Å²) < 4.78 is 0. The second kappa shape index (κ2) is 15.7. The summed E-state index contributed by atoms with van der Waals surface area (Å²) >= 11 is 9.53. The van der Waals surface area contributed by atoms with E-state index in [2.05, 4.69) is 0 Å². The smallest absolute Gasteiger partial charge is 0.126 e. The highest BCUT2D eigenvalue weighted by molar-refractivity contribution is 6.40. The Balaban J connectivity index is -0.0000000575. The number of hydrogen-bond acceptors (Lipinski definition) is 1. The first kappa shape index (κ1) is 15.7. The lowest BCUT2D eigenvalue weighted by molar-refractivity contribution is -0.114. The van der Waals surface area contributed by atoms with Gasteiger partial charge in [-0.3, -0.25) is 0 Å². The second-order valence-electron chi connectivity index (χ2n) is 1.01. The third-order valence-electron chi connectivity index (χ3n) is 0. The van der Waals surface area contributed by atoms with Crippen LogP contribution in [0.25, 0.3) is 0 Å². The molecule has 52 valence electrons. The molecule has 0 N–H and O–H groups in total. The van der Waals surface area contributed by atoms with E-state index in [-0.39, 0.29) is 18.5 Å². The van der Waals surface area contributed by atoms with Gasteiger partial charge in [0.05, 0.1) is 5.34 Å². The molecular formula is C5H12Cl2O. The summed E-state index contributed by atoms with van der Waals surface area (Å²) in [7, 11) is 0. The molecule has 0 aliphatic carbocycles. The van der Waals surface area contributed by atoms with Crippen molar-refractivity contribution < 1.29 is 4.79 Å². The van der Waals surface area contributed by atoms with Gasteiger partial charge in [-0.1, -0.05) is 7.43 Å². The molecule has 3 heteroatoms. The van der Waals surface area contributed by atoms with Crippen molar-refractivity contribution in [3.05, 3.63) is 0 Å². The zero-order valence-corrected chi connectivity index (χ0v) is 5.88. The van der Waals surface area contributed by atoms with Gasteiger partial charge in [-0.25, -0.2) is 0 Å². The van der Waals surface area contributed by atoms with Gasteiger partial charge in [0.15, 0.2) is 0 Å². The molecule has 0 aliphatic rings. The van der Waals surface area contributed by atoms with Gasteiger partial charge in [0.1, 0.15) is 5.78 Å². The fraction of sp³-hybridized carbons (Fsp3) is 0.800. The third kappa shape index (κ3) is 2760. The van der Waals surface area contributed by atoms with E-state index in [4.69, 9.17) is 23.2 Å². The third-order valence-corrected chi connectivity index (χ3v) is 0. The Hall–Kier alpha value is 0.250. The van der Waals surface area contributed by atoms with Crippen LogP contribution in [0.3, 0.4) is 0 Å². The summed E-state index contributed by atoms with van der Waals surface area (Å²) in [6, 6.07) is 0. The highest BCUT2D eigenvalue weighted by atomic mass is 35.5. The van der Waals surface area contributed by atoms with Crippen molar-refractivity contribution in [2.75, 3.05) is 5.34 Å². The van der Waals surface area contributed by atoms with Gasteiger partial charge in [0.25, 0.3) is 0 Å². The minimum absolute atomic E-state index is 0. The number of ketones is 1. The molecule has 0 aromatic carbocycles. The summed E-state index contributed by atoms with van der Waals surface area (Å²) in [4.78, 5) is 9.44. The molecule has 0 spiro atoms. The first-order valence-corrected chi connectivity index (χ1v) is 2.81. The second-order valence-corrected chi connectivity index (χ2v) is 1.82. The van der Waals surface area contributed by atoms with Crippen LogP contribution in [0.15, 0.2) is 0 Å². The molecule has 0 saturated heterocycles. The van der Waals surface area contributed by atoms with Crippen LogP contribution in [-0.2, 0) is 4.79 Å². The number of rotatable bonds is 0. The molecule has 0 heterocycles. The van der Waals surface area contributed by atoms with Crippen molar-refractivity contribution in [1.29, 1.82) is 0 Å². The molecule has 0 saturated carbocycles. The van der Waals surface area contributed by atoms with Gasteiger partial charge in [0.2, 0.25) is 0 Å². The first-order chi connectivity index (χ1) is 3.15. The van der Waals surface area contributed by atoms with Gasteiger partial charge in [-0.05, 0) is 13.8 Å². The summed E-state index contributed by atoms with van der Waals surface area (Å²) in [6.07, 6.45) is 0. The van der Waals surface area contributed by atoms with Crippen molar-refractivity contribution in [2.45, 2.75) is 21.3 Å². The van der Waals surface area contributed by atoms with E-state index in [1.807, 2.05) is 0 Å². The number of carbonyl (C=O) groups excluding carboxylic acids is 1. The fourth-order valence-electron chi connectivity index (χ4n) is 0. The van der Waals surface area contributed by atoms with Crippen LogP contribution in [0.4, 0.5) is 0 Å². The molecule has 0 aromatic rings. The van der Waals surface area contributed by atoms with Crippen LogP contribution in [0.1, 0.15) is 21.3 Å². The maximum absolute atomic E-state index is 9.44. The van der Waals surface area contributed by atoms with Crippen molar-refractivity contribution >= 4 is 29.0 Å². The van der Waals surface area contributed by atoms with E-state index in [0.717, 1.165) is 0 Å². The van der Waals surface area contributed by atoms with E-state index in [1.165, 1.54) is 13.8 Å². The molecule has 0 unspecified atom stereocenters. The van der Waals surface area contributed by atoms with Crippen LogP contribution >= 0.6 is 23.2 Å². The molecule has 8 heavy (non-hydrogen) atoms. The van der Waals surface area contributed by atoms with Gasteiger partial charge in [-0.15, -0.1) is 23.2 Å². The van der Waals surface area contributed by atoms with E-state index >= 15 is 0 Å². The highest BCUT2D eigenvalue weighted by Crippen LogP contribution is 1.73. The monoisotopic (exact) mass is 158 g/mol. The lowest BCUT2D eigenvalue weighted by Gasteiger charge is -1.56. The molecule has 0 radical (unpaired) electrons. The Bertz CT molecular complexity index is 41.7. The SMILES string of the molecule is C.CC(C)=O.ClCCl. The van der Waals surface area contributed by atoms with Gasteiger partial charge >= 0.3 is 0 Å². The molecular weight excluding hydrogens is 147 g/mol. The Kier molecular flexibility index (Phi) is 30.8. The predicted octanol–water partition coefficient (Wildman–Crippen LogP) is 2.65. The van der Waals surface area contributed by atoms with Crippen LogP contribution in [0.5, 0.6) is 0 Å². The molecule has 1 nitrogen and oxygen atoms in total. The standard InChI is InChI=1S/C3H6O.CH2Cl2.CH4/c1-3(2)4;2-1-3;/h1-2H3;1H2;1H4. The van der Waals surface area contributed by atoms with Crippen molar-refractivity contribution in [1.82, 2.24) is 0 Å². The number of Topliss-reactive ketones (excluding diaryl/α,β-unsaturated/α-hetero) is 1. The quantitative estimate of drug-likeness (QED) is 0.496. The zero-order valence-electron chi connectivity index (χ0n) is 4.37. The summed E-state index contributed by atoms with van der Waals surface area (Å²) in [5, 5.41) is 0.194. The summed E-state index contributed by atoms with van der Waals surface area (Å²) in [5.41, 5.74) is 0. The molecule has 0 aromatic heterocycles. The van der Waals surface area contributed by atoms with Crippen molar-refractivity contribution in [2.24, 2.45) is 0 Å². The minimum atomic E-state index is 0. The summed E-state index contributed by atoms with van der Waals surface area (Å²) in [6.45, 7) is 3.06. The van der Waals surface area contributed by atoms with Crippen LogP contribution in [-0.4, -0.2) is 11.1 Å². The van der Waals surface area contributed by atoms with E-state index in [9.17, 15) is 4.79 Å². The highest BCUT2D eigenvalue weighted by Gasteiger charge is 1.62. The minimum Gasteiger partial charge on any atom is -0.300 e. The van der Waals surface area contributed by atoms with Gasteiger partial charge in [0, 0.05) is 0 Å². The Labute approximate surface area is 61.0 Å². The normalized spacial score (nSPS) is 5.50. The average Bonchev–Trinajstić information content (AvgIpc) is 1.33. The molecule has 0 aliphatic heterocycles. The van der Waals surface area contributed by atoms with Gasteiger partial charge in [-0.2, -0.15) is 0 Å². The number of halogens is 2. The number of hydrogen-bond donors (Lipinski definition) is 0. The molecule has 0 bridgehead atoms. The average molecular weight is 159 g/mol. The van der Waals surface area contributed by atoms with E-state index in [0.29, 0.717) is 0 Å². The first-order valence-electron chi connectivity index (χ1n) is 1.74. The Morgan fingerprint density at radius 2 is 1.38 bits per heavy atom. The Morgan fingerprint density at radius 1 is 1.38 bits per heavy atom. The largest absolute Gasteiger partial charge is 0.300 e. The molecule has 0 amide bonds. The van der Waals surface area contributed by atoms with Crippen LogP contribution in [0, 0.1) is 0 Å². The number of carbonyl (C=O) groups is 1. The molecule has 0 fully saturated rings. The van der Waals surface area contributed by atoms with Crippen molar-refractivity contribution in [3.63, 3.8) is 0 Å².